The molecule has 1 aliphatic carbocycles. The van der Waals surface area contributed by atoms with Crippen molar-refractivity contribution in [2.24, 2.45) is 0 Å². The molecular weight excluding hydrogens is 110 g/mol. The molecule has 0 amide bonds. The molecule has 0 atom stereocenters. The van der Waals surface area contributed by atoms with Crippen molar-refractivity contribution in [2.75, 3.05) is 0 Å². The van der Waals surface area contributed by atoms with Gasteiger partial charge < -0.3 is 0 Å². The van der Waals surface area contributed by atoms with Crippen LogP contribution in [0.4, 0.5) is 0 Å². The molecule has 0 N–H and O–H groups in total. The normalized spacial score (nSPS) is 19.7. The van der Waals surface area contributed by atoms with Crippen LogP contribution >= 0.6 is 0 Å². The van der Waals surface area contributed by atoms with Crippen molar-refractivity contribution in [3.63, 3.8) is 0 Å². The Morgan fingerprint density at radius 1 is 1.56 bits per heavy atom. The molecule has 0 aromatic heterocycles. The van der Waals surface area contributed by atoms with Crippen molar-refractivity contribution in [1.29, 1.82) is 5.26 Å². The Hall–Kier alpha value is -0.770. The van der Waals surface area contributed by atoms with E-state index in [0.717, 1.165) is 31.3 Å². The predicted molar refractivity (Wildman–Crippen MR) is 35.4 cm³/mol. The van der Waals surface area contributed by atoms with Gasteiger partial charge in [-0.2, -0.15) is 5.26 Å². The lowest BCUT2D eigenvalue weighted by atomic mass is 10.1. The van der Waals surface area contributed by atoms with Gasteiger partial charge in [-0.15, -0.1) is 0 Å². The van der Waals surface area contributed by atoms with E-state index in [-0.39, 0.29) is 0 Å². The molecule has 0 saturated heterocycles. The van der Waals surface area contributed by atoms with Crippen LogP contribution in [0.15, 0.2) is 11.6 Å². The quantitative estimate of drug-likeness (QED) is 0.479. The minimum Gasteiger partial charge on any atom is -0.193 e. The second-order valence-electron chi connectivity index (χ2n) is 2.13. The average Bonchev–Trinajstić information content (AvgIpc) is 2.13. The monoisotopic (exact) mass is 119 g/mol. The van der Waals surface area contributed by atoms with Crippen LogP contribution in [0.25, 0.3) is 0 Å². The Kier molecular flexibility index (Phi) is 2.32. The third-order valence-electron chi connectivity index (χ3n) is 1.43. The number of allylic oxidation sites excluding steroid dienone is 2. The van der Waals surface area contributed by atoms with Gasteiger partial charge in [-0.1, -0.05) is 6.08 Å². The van der Waals surface area contributed by atoms with E-state index in [4.69, 9.17) is 5.26 Å². The molecule has 1 heteroatoms. The van der Waals surface area contributed by atoms with Crippen molar-refractivity contribution >= 4 is 0 Å². The van der Waals surface area contributed by atoms with E-state index in [0.29, 0.717) is 0 Å². The molecule has 1 rings (SSSR count). The molecular formula is C8H9N. The molecule has 0 heterocycles. The number of nitriles is 1. The zero-order valence-corrected chi connectivity index (χ0v) is 5.35. The standard InChI is InChI=1S/C8H9N/c9-7-8-5-3-1-2-4-6-8/h5H,1,3-4,6H2. The fourth-order valence-electron chi connectivity index (χ4n) is 0.900. The summed E-state index contributed by atoms with van der Waals surface area (Å²) in [4.78, 5) is 0. The first-order chi connectivity index (χ1) is 4.43. The highest BCUT2D eigenvalue weighted by molar-refractivity contribution is 5.21. The fraction of sp³-hybridized carbons (Fsp3) is 0.500. The molecule has 0 spiro atoms. The van der Waals surface area contributed by atoms with Gasteiger partial charge in [0.05, 0.1) is 6.07 Å². The molecule has 1 aliphatic rings. The van der Waals surface area contributed by atoms with E-state index in [9.17, 15) is 0 Å². The van der Waals surface area contributed by atoms with Gasteiger partial charge in [-0.25, -0.2) is 0 Å². The minimum atomic E-state index is 0.899. The van der Waals surface area contributed by atoms with Gasteiger partial charge in [0.15, 0.2) is 0 Å². The predicted octanol–water partition coefficient (Wildman–Crippen LogP) is 2.09. The lowest BCUT2D eigenvalue weighted by molar-refractivity contribution is 0.885. The van der Waals surface area contributed by atoms with Gasteiger partial charge in [0, 0.05) is 5.57 Å². The summed E-state index contributed by atoms with van der Waals surface area (Å²) in [5, 5.41) is 8.47. The number of nitrogens with zero attached hydrogens (tertiary/aromatic N) is 1. The highest BCUT2D eigenvalue weighted by atomic mass is 14.2. The smallest absolute Gasteiger partial charge is 0.0943 e. The molecule has 46 valence electrons. The average molecular weight is 119 g/mol. The third kappa shape index (κ3) is 1.89. The van der Waals surface area contributed by atoms with Crippen LogP contribution in [0.3, 0.4) is 0 Å². The summed E-state index contributed by atoms with van der Waals surface area (Å²) in [6, 6.07) is 2.16. The van der Waals surface area contributed by atoms with Gasteiger partial charge >= 0.3 is 0 Å². The zero-order chi connectivity index (χ0) is 6.53. The molecule has 0 unspecified atom stereocenters. The van der Waals surface area contributed by atoms with Gasteiger partial charge in [0.1, 0.15) is 0 Å². The molecule has 9 heavy (non-hydrogen) atoms. The first-order valence-electron chi connectivity index (χ1n) is 3.23. The molecule has 0 fully saturated rings. The van der Waals surface area contributed by atoms with Crippen molar-refractivity contribution < 1.29 is 0 Å². The Bertz CT molecular complexity index is 150. The van der Waals surface area contributed by atoms with Crippen LogP contribution in [0, 0.1) is 17.8 Å². The highest BCUT2D eigenvalue weighted by Crippen LogP contribution is 2.14. The molecule has 0 aromatic rings. The molecule has 2 radical (unpaired) electrons. The maximum Gasteiger partial charge on any atom is 0.0943 e. The summed E-state index contributed by atoms with van der Waals surface area (Å²) >= 11 is 0. The zero-order valence-electron chi connectivity index (χ0n) is 5.35. The van der Waals surface area contributed by atoms with Crippen LogP contribution in [-0.4, -0.2) is 0 Å². The van der Waals surface area contributed by atoms with Crippen molar-refractivity contribution in [3.8, 4) is 6.07 Å². The number of hydrogen-bond acceptors (Lipinski definition) is 1. The Labute approximate surface area is 56.0 Å². The third-order valence-corrected chi connectivity index (χ3v) is 1.43. The summed E-state index contributed by atoms with van der Waals surface area (Å²) in [6.45, 7) is 0. The molecule has 0 aromatic carbocycles. The van der Waals surface area contributed by atoms with E-state index in [1.54, 1.807) is 0 Å². The van der Waals surface area contributed by atoms with E-state index in [1.165, 1.54) is 0 Å². The maximum atomic E-state index is 8.47. The first-order valence-corrected chi connectivity index (χ1v) is 3.23. The number of hydrogen-bond donors (Lipinski definition) is 0. The van der Waals surface area contributed by atoms with Crippen molar-refractivity contribution in [3.05, 3.63) is 18.1 Å². The van der Waals surface area contributed by atoms with Crippen molar-refractivity contribution in [1.82, 2.24) is 0 Å². The summed E-state index contributed by atoms with van der Waals surface area (Å²) in [5.74, 6) is 0. The van der Waals surface area contributed by atoms with Crippen LogP contribution in [0.5, 0.6) is 0 Å². The lowest BCUT2D eigenvalue weighted by Crippen LogP contribution is -1.75. The Morgan fingerprint density at radius 2 is 2.44 bits per heavy atom. The van der Waals surface area contributed by atoms with Gasteiger partial charge in [0.2, 0.25) is 0 Å². The van der Waals surface area contributed by atoms with Crippen LogP contribution in [0.1, 0.15) is 25.7 Å². The molecule has 1 nitrogen and oxygen atoms in total. The summed E-state index contributed by atoms with van der Waals surface area (Å²) < 4.78 is 0. The lowest BCUT2D eigenvalue weighted by Gasteiger charge is -1.88. The van der Waals surface area contributed by atoms with Crippen molar-refractivity contribution in [2.45, 2.75) is 25.7 Å². The summed E-state index contributed by atoms with van der Waals surface area (Å²) in [7, 11) is 0. The largest absolute Gasteiger partial charge is 0.193 e. The Balaban J connectivity index is 2.49. The molecule has 0 bridgehead atoms. The Morgan fingerprint density at radius 3 is 3.22 bits per heavy atom. The first kappa shape index (κ1) is 6.35. The van der Waals surface area contributed by atoms with E-state index < -0.39 is 0 Å². The highest BCUT2D eigenvalue weighted by Gasteiger charge is 1.99. The van der Waals surface area contributed by atoms with Crippen LogP contribution in [0.2, 0.25) is 0 Å². The van der Waals surface area contributed by atoms with Gasteiger partial charge in [0.25, 0.3) is 0 Å². The molecule has 0 saturated carbocycles. The maximum absolute atomic E-state index is 8.47. The fourth-order valence-corrected chi connectivity index (χ4v) is 0.900. The second-order valence-corrected chi connectivity index (χ2v) is 2.13. The second kappa shape index (κ2) is 3.29. The van der Waals surface area contributed by atoms with Crippen LogP contribution in [-0.2, 0) is 0 Å². The summed E-state index contributed by atoms with van der Waals surface area (Å²) in [6.07, 6.45) is 9.10. The number of rotatable bonds is 0. The van der Waals surface area contributed by atoms with E-state index >= 15 is 0 Å². The van der Waals surface area contributed by atoms with Gasteiger partial charge in [-0.05, 0) is 32.1 Å². The van der Waals surface area contributed by atoms with E-state index in [1.807, 2.05) is 6.08 Å². The SMILES string of the molecule is N#CC1=CCC[C]CC1. The van der Waals surface area contributed by atoms with Crippen LogP contribution < -0.4 is 0 Å². The minimum absolute atomic E-state index is 0.899. The van der Waals surface area contributed by atoms with E-state index in [2.05, 4.69) is 12.5 Å². The summed E-state index contributed by atoms with van der Waals surface area (Å²) in [5.41, 5.74) is 0.931. The topological polar surface area (TPSA) is 23.8 Å². The van der Waals surface area contributed by atoms with Gasteiger partial charge in [-0.3, -0.25) is 0 Å². The molecule has 0 aliphatic heterocycles.